The first-order chi connectivity index (χ1) is 11.5. The largest absolute Gasteiger partial charge is 0.327 e. The molecule has 3 nitrogen and oxygen atoms in total. The van der Waals surface area contributed by atoms with Crippen LogP contribution in [0, 0.1) is 0 Å². The Balaban J connectivity index is 3.21. The van der Waals surface area contributed by atoms with E-state index in [1.165, 1.54) is 97.2 Å². The second-order valence-electron chi connectivity index (χ2n) is 7.25. The van der Waals surface area contributed by atoms with E-state index in [-0.39, 0.29) is 6.10 Å². The third-order valence-corrected chi connectivity index (χ3v) is 6.07. The van der Waals surface area contributed by atoms with Gasteiger partial charge in [-0.15, -0.1) is 0 Å². The molecule has 0 saturated heterocycles. The van der Waals surface area contributed by atoms with Crippen molar-refractivity contribution in [3.05, 3.63) is 0 Å². The Morgan fingerprint density at radius 3 is 1.50 bits per heavy atom. The molecule has 0 saturated carbocycles. The zero-order valence-electron chi connectivity index (χ0n) is 16.9. The highest BCUT2D eigenvalue weighted by molar-refractivity contribution is 7.52. The molecule has 0 N–H and O–H groups in total. The first kappa shape index (κ1) is 24.1. The van der Waals surface area contributed by atoms with Gasteiger partial charge in [0.05, 0.1) is 6.10 Å². The molecule has 0 aliphatic rings. The lowest BCUT2D eigenvalue weighted by molar-refractivity contribution is 0.167. The maximum atomic E-state index is 11.7. The molecule has 0 spiro atoms. The third-order valence-electron chi connectivity index (χ3n) is 4.67. The third kappa shape index (κ3) is 17.0. The van der Waals surface area contributed by atoms with Crippen LogP contribution < -0.4 is 0 Å². The fourth-order valence-corrected chi connectivity index (χ4v) is 3.89. The predicted octanol–water partition coefficient (Wildman–Crippen LogP) is 7.73. The maximum absolute atomic E-state index is 11.7. The van der Waals surface area contributed by atoms with E-state index in [1.807, 2.05) is 6.92 Å². The summed E-state index contributed by atoms with van der Waals surface area (Å²) in [6, 6.07) is 0. The van der Waals surface area contributed by atoms with Gasteiger partial charge in [0, 0.05) is 13.8 Å². The van der Waals surface area contributed by atoms with Crippen molar-refractivity contribution in [2.75, 3.05) is 13.8 Å². The molecule has 0 aliphatic heterocycles. The van der Waals surface area contributed by atoms with Gasteiger partial charge in [0.25, 0.3) is 0 Å². The van der Waals surface area contributed by atoms with E-state index in [2.05, 4.69) is 6.92 Å². The first-order valence-electron chi connectivity index (χ1n) is 10.3. The van der Waals surface area contributed by atoms with Gasteiger partial charge < -0.3 is 9.05 Å². The van der Waals surface area contributed by atoms with E-state index in [0.29, 0.717) is 0 Å². The molecule has 0 heterocycles. The Labute approximate surface area is 151 Å². The van der Waals surface area contributed by atoms with Crippen molar-refractivity contribution in [1.29, 1.82) is 0 Å². The van der Waals surface area contributed by atoms with Gasteiger partial charge in [0.1, 0.15) is 0 Å². The number of rotatable bonds is 18. The van der Waals surface area contributed by atoms with Gasteiger partial charge in [-0.2, -0.15) is 0 Å². The molecule has 0 aromatic rings. The second kappa shape index (κ2) is 16.6. The fourth-order valence-electron chi connectivity index (χ4n) is 3.05. The molecule has 0 aromatic heterocycles. The van der Waals surface area contributed by atoms with Gasteiger partial charge in [-0.3, -0.25) is 4.57 Å². The summed E-state index contributed by atoms with van der Waals surface area (Å²) in [6.07, 6.45) is 20.2. The topological polar surface area (TPSA) is 35.5 Å². The van der Waals surface area contributed by atoms with Crippen LogP contribution in [-0.4, -0.2) is 19.9 Å². The lowest BCUT2D eigenvalue weighted by Gasteiger charge is -2.17. The van der Waals surface area contributed by atoms with Crippen molar-refractivity contribution >= 4 is 7.60 Å². The molecule has 146 valence electrons. The Morgan fingerprint density at radius 2 is 1.12 bits per heavy atom. The SMILES string of the molecule is CCCCCCCCCCCCCCCCC(C)OP(C)(=O)OC. The standard InChI is InChI=1S/C20H43O3P/c1-5-6-7-8-9-10-11-12-13-14-15-16-17-18-19-20(2)23-24(4,21)22-3/h20H,5-19H2,1-4H3. The summed E-state index contributed by atoms with van der Waals surface area (Å²) < 4.78 is 22.0. The lowest BCUT2D eigenvalue weighted by Crippen LogP contribution is -2.06. The fraction of sp³-hybridized carbons (Fsp3) is 1.00. The van der Waals surface area contributed by atoms with Gasteiger partial charge >= 0.3 is 7.60 Å². The van der Waals surface area contributed by atoms with Gasteiger partial charge in [0.15, 0.2) is 0 Å². The summed E-state index contributed by atoms with van der Waals surface area (Å²) in [5.41, 5.74) is 0. The van der Waals surface area contributed by atoms with Crippen LogP contribution in [0.2, 0.25) is 0 Å². The second-order valence-corrected chi connectivity index (χ2v) is 9.37. The summed E-state index contributed by atoms with van der Waals surface area (Å²) in [5.74, 6) is 0. The maximum Gasteiger partial charge on any atom is 0.327 e. The molecular formula is C20H43O3P. The molecule has 0 radical (unpaired) electrons. The molecule has 4 heteroatoms. The van der Waals surface area contributed by atoms with Crippen molar-refractivity contribution in [3.8, 4) is 0 Å². The lowest BCUT2D eigenvalue weighted by atomic mass is 10.0. The van der Waals surface area contributed by atoms with E-state index in [0.717, 1.165) is 12.8 Å². The van der Waals surface area contributed by atoms with Crippen molar-refractivity contribution < 1.29 is 13.6 Å². The smallest absolute Gasteiger partial charge is 0.312 e. The highest BCUT2D eigenvalue weighted by atomic mass is 31.2. The molecule has 2 atom stereocenters. The van der Waals surface area contributed by atoms with E-state index in [4.69, 9.17) is 9.05 Å². The van der Waals surface area contributed by atoms with Gasteiger partial charge in [-0.25, -0.2) is 0 Å². The molecule has 24 heavy (non-hydrogen) atoms. The van der Waals surface area contributed by atoms with Crippen LogP contribution in [0.3, 0.4) is 0 Å². The minimum atomic E-state index is -2.82. The average molecular weight is 363 g/mol. The van der Waals surface area contributed by atoms with Crippen LogP contribution in [0.4, 0.5) is 0 Å². The molecule has 0 bridgehead atoms. The highest BCUT2D eigenvalue weighted by Crippen LogP contribution is 2.44. The van der Waals surface area contributed by atoms with Crippen LogP contribution in [-0.2, 0) is 13.6 Å². The monoisotopic (exact) mass is 362 g/mol. The van der Waals surface area contributed by atoms with Gasteiger partial charge in [-0.1, -0.05) is 96.8 Å². The Hall–Kier alpha value is 0.150. The summed E-state index contributed by atoms with van der Waals surface area (Å²) in [6.45, 7) is 5.80. The van der Waals surface area contributed by atoms with E-state index in [9.17, 15) is 4.57 Å². The summed E-state index contributed by atoms with van der Waals surface area (Å²) >= 11 is 0. The zero-order chi connectivity index (χ0) is 18.1. The molecule has 0 aromatic carbocycles. The van der Waals surface area contributed by atoms with Crippen molar-refractivity contribution in [1.82, 2.24) is 0 Å². The quantitative estimate of drug-likeness (QED) is 0.185. The summed E-state index contributed by atoms with van der Waals surface area (Å²) in [5, 5.41) is 0. The summed E-state index contributed by atoms with van der Waals surface area (Å²) in [4.78, 5) is 0. The first-order valence-corrected chi connectivity index (χ1v) is 12.3. The van der Waals surface area contributed by atoms with Crippen molar-refractivity contribution in [2.45, 2.75) is 116 Å². The molecule has 0 fully saturated rings. The Bertz CT molecular complexity index is 307. The van der Waals surface area contributed by atoms with Crippen LogP contribution in [0.1, 0.15) is 110 Å². The van der Waals surface area contributed by atoms with E-state index >= 15 is 0 Å². The zero-order valence-corrected chi connectivity index (χ0v) is 17.8. The molecule has 0 aliphatic carbocycles. The summed E-state index contributed by atoms with van der Waals surface area (Å²) in [7, 11) is -1.37. The van der Waals surface area contributed by atoms with Crippen LogP contribution in [0.15, 0.2) is 0 Å². The highest BCUT2D eigenvalue weighted by Gasteiger charge is 2.18. The minimum Gasteiger partial charge on any atom is -0.312 e. The van der Waals surface area contributed by atoms with E-state index in [1.54, 1.807) is 0 Å². The number of unbranched alkanes of at least 4 members (excludes halogenated alkanes) is 13. The van der Waals surface area contributed by atoms with Gasteiger partial charge in [0.2, 0.25) is 0 Å². The van der Waals surface area contributed by atoms with Gasteiger partial charge in [-0.05, 0) is 13.3 Å². The Kier molecular flexibility index (Phi) is 16.7. The average Bonchev–Trinajstić information content (AvgIpc) is 2.54. The number of hydrogen-bond acceptors (Lipinski definition) is 3. The molecule has 0 amide bonds. The van der Waals surface area contributed by atoms with Crippen LogP contribution in [0.5, 0.6) is 0 Å². The molecule has 0 rings (SSSR count). The molecular weight excluding hydrogens is 319 g/mol. The van der Waals surface area contributed by atoms with Crippen molar-refractivity contribution in [2.24, 2.45) is 0 Å². The van der Waals surface area contributed by atoms with Crippen LogP contribution >= 0.6 is 7.60 Å². The normalized spacial score (nSPS) is 15.3. The number of hydrogen-bond donors (Lipinski definition) is 0. The predicted molar refractivity (Wildman–Crippen MR) is 106 cm³/mol. The van der Waals surface area contributed by atoms with Crippen LogP contribution in [0.25, 0.3) is 0 Å². The molecule has 2 unspecified atom stereocenters. The Morgan fingerprint density at radius 1 is 0.750 bits per heavy atom. The van der Waals surface area contributed by atoms with Crippen molar-refractivity contribution in [3.63, 3.8) is 0 Å². The minimum absolute atomic E-state index is 0.0260. The van der Waals surface area contributed by atoms with E-state index < -0.39 is 7.60 Å².